The molecule has 8 nitrogen and oxygen atoms in total. The zero-order valence-corrected chi connectivity index (χ0v) is 14.5. The molecule has 0 aliphatic rings. The third-order valence-electron chi connectivity index (χ3n) is 4.26. The summed E-state index contributed by atoms with van der Waals surface area (Å²) in [5.41, 5.74) is 4.49. The van der Waals surface area contributed by atoms with Gasteiger partial charge in [0.25, 0.3) is 5.89 Å². The minimum absolute atomic E-state index is 0.439. The molecule has 0 aliphatic heterocycles. The van der Waals surface area contributed by atoms with Crippen molar-refractivity contribution in [3.63, 3.8) is 0 Å². The lowest BCUT2D eigenvalue weighted by Crippen LogP contribution is -1.99. The molecule has 0 fully saturated rings. The number of aryl methyl sites for hydroxylation is 1. The first kappa shape index (κ1) is 15.4. The standard InChI is InChI=1S/C19H15N7O/c1-12-7-13-10-20-23-18(13)16(8-12)19-22-17(25-27-19)9-14-11-21-26(24-14)15-5-3-2-4-6-15/h2-8,10-11H,9H2,1H3,(H,20,23). The van der Waals surface area contributed by atoms with E-state index in [0.717, 1.165) is 33.4 Å². The molecule has 0 saturated carbocycles. The van der Waals surface area contributed by atoms with Crippen molar-refractivity contribution in [2.24, 2.45) is 0 Å². The Morgan fingerprint density at radius 3 is 2.89 bits per heavy atom. The van der Waals surface area contributed by atoms with Crippen LogP contribution in [0.3, 0.4) is 0 Å². The van der Waals surface area contributed by atoms with Crippen LogP contribution < -0.4 is 0 Å². The third-order valence-corrected chi connectivity index (χ3v) is 4.26. The van der Waals surface area contributed by atoms with Gasteiger partial charge in [-0.3, -0.25) is 5.10 Å². The SMILES string of the molecule is Cc1cc(-c2nc(Cc3cnn(-c4ccccc4)n3)no2)c2[nH]ncc2c1. The van der Waals surface area contributed by atoms with E-state index in [4.69, 9.17) is 4.52 Å². The molecule has 0 aliphatic carbocycles. The van der Waals surface area contributed by atoms with Gasteiger partial charge < -0.3 is 4.52 Å². The Morgan fingerprint density at radius 1 is 1.11 bits per heavy atom. The number of nitrogens with one attached hydrogen (secondary N) is 1. The van der Waals surface area contributed by atoms with Crippen LogP contribution in [0.1, 0.15) is 17.1 Å². The number of aromatic amines is 1. The van der Waals surface area contributed by atoms with E-state index in [0.29, 0.717) is 18.1 Å². The molecule has 3 aromatic heterocycles. The van der Waals surface area contributed by atoms with Gasteiger partial charge in [0.2, 0.25) is 0 Å². The maximum atomic E-state index is 5.48. The Kier molecular flexibility index (Phi) is 3.53. The van der Waals surface area contributed by atoms with Crippen molar-refractivity contribution < 1.29 is 4.52 Å². The van der Waals surface area contributed by atoms with Gasteiger partial charge in [-0.1, -0.05) is 23.4 Å². The Hall–Kier alpha value is -3.81. The highest BCUT2D eigenvalue weighted by atomic mass is 16.5. The van der Waals surface area contributed by atoms with Gasteiger partial charge in [0, 0.05) is 5.39 Å². The van der Waals surface area contributed by atoms with Crippen LogP contribution in [0.25, 0.3) is 28.0 Å². The molecule has 0 saturated heterocycles. The van der Waals surface area contributed by atoms with Crippen LogP contribution in [0.4, 0.5) is 0 Å². The van der Waals surface area contributed by atoms with E-state index in [-0.39, 0.29) is 0 Å². The summed E-state index contributed by atoms with van der Waals surface area (Å²) in [6.07, 6.45) is 3.93. The Morgan fingerprint density at radius 2 is 2.00 bits per heavy atom. The quantitative estimate of drug-likeness (QED) is 0.531. The fourth-order valence-electron chi connectivity index (χ4n) is 3.03. The van der Waals surface area contributed by atoms with Crippen LogP contribution in [0.5, 0.6) is 0 Å². The molecule has 0 unspecified atom stereocenters. The molecular weight excluding hydrogens is 342 g/mol. The highest BCUT2D eigenvalue weighted by Gasteiger charge is 2.15. The van der Waals surface area contributed by atoms with Crippen LogP contribution in [-0.4, -0.2) is 35.3 Å². The number of fused-ring (bicyclic) bond motifs is 1. The molecule has 0 radical (unpaired) electrons. The summed E-state index contributed by atoms with van der Waals surface area (Å²) in [4.78, 5) is 6.11. The second-order valence-corrected chi connectivity index (χ2v) is 6.30. The molecule has 0 spiro atoms. The van der Waals surface area contributed by atoms with E-state index >= 15 is 0 Å². The predicted octanol–water partition coefficient (Wildman–Crippen LogP) is 3.09. The van der Waals surface area contributed by atoms with Gasteiger partial charge in [0.1, 0.15) is 0 Å². The topological polar surface area (TPSA) is 98.3 Å². The fourth-order valence-corrected chi connectivity index (χ4v) is 3.03. The number of hydrogen-bond acceptors (Lipinski definition) is 6. The van der Waals surface area contributed by atoms with Gasteiger partial charge in [0.05, 0.1) is 41.3 Å². The van der Waals surface area contributed by atoms with E-state index < -0.39 is 0 Å². The van der Waals surface area contributed by atoms with Crippen molar-refractivity contribution >= 4 is 10.9 Å². The molecule has 27 heavy (non-hydrogen) atoms. The predicted molar refractivity (Wildman–Crippen MR) is 98.3 cm³/mol. The summed E-state index contributed by atoms with van der Waals surface area (Å²) in [6, 6.07) is 13.8. The van der Waals surface area contributed by atoms with Crippen LogP contribution in [0.2, 0.25) is 0 Å². The van der Waals surface area contributed by atoms with Crippen LogP contribution in [0.15, 0.2) is 59.4 Å². The van der Waals surface area contributed by atoms with Crippen molar-refractivity contribution in [2.75, 3.05) is 0 Å². The lowest BCUT2D eigenvalue weighted by atomic mass is 10.1. The largest absolute Gasteiger partial charge is 0.334 e. The second kappa shape index (κ2) is 6.17. The summed E-state index contributed by atoms with van der Waals surface area (Å²) in [5, 5.41) is 21.0. The third kappa shape index (κ3) is 2.86. The average molecular weight is 357 g/mol. The number of rotatable bonds is 4. The Labute approximate surface area is 153 Å². The number of para-hydroxylation sites is 1. The Bertz CT molecular complexity index is 1220. The minimum atomic E-state index is 0.439. The summed E-state index contributed by atoms with van der Waals surface area (Å²) in [6.45, 7) is 2.02. The van der Waals surface area contributed by atoms with E-state index in [2.05, 4.69) is 36.6 Å². The van der Waals surface area contributed by atoms with E-state index in [1.54, 1.807) is 17.2 Å². The molecule has 2 aromatic carbocycles. The Balaban J connectivity index is 1.43. The first-order valence-corrected chi connectivity index (χ1v) is 8.49. The summed E-state index contributed by atoms with van der Waals surface area (Å²) in [5.74, 6) is 1.01. The summed E-state index contributed by atoms with van der Waals surface area (Å²) < 4.78 is 5.48. The summed E-state index contributed by atoms with van der Waals surface area (Å²) >= 11 is 0. The molecular formula is C19H15N7O. The smallest absolute Gasteiger partial charge is 0.260 e. The van der Waals surface area contributed by atoms with E-state index in [9.17, 15) is 0 Å². The molecule has 5 aromatic rings. The van der Waals surface area contributed by atoms with Gasteiger partial charge in [-0.25, -0.2) is 0 Å². The second-order valence-electron chi connectivity index (χ2n) is 6.30. The number of nitrogens with zero attached hydrogens (tertiary/aromatic N) is 6. The highest BCUT2D eigenvalue weighted by Crippen LogP contribution is 2.27. The minimum Gasteiger partial charge on any atom is -0.334 e. The molecule has 8 heteroatoms. The highest BCUT2D eigenvalue weighted by molar-refractivity contribution is 5.91. The van der Waals surface area contributed by atoms with E-state index in [1.165, 1.54) is 0 Å². The maximum absolute atomic E-state index is 5.48. The van der Waals surface area contributed by atoms with Gasteiger partial charge >= 0.3 is 0 Å². The molecule has 1 N–H and O–H groups in total. The van der Waals surface area contributed by atoms with Crippen molar-refractivity contribution in [1.29, 1.82) is 0 Å². The molecule has 0 bridgehead atoms. The lowest BCUT2D eigenvalue weighted by Gasteiger charge is -1.99. The first-order chi connectivity index (χ1) is 13.3. The van der Waals surface area contributed by atoms with Crippen molar-refractivity contribution in [2.45, 2.75) is 13.3 Å². The molecule has 0 amide bonds. The average Bonchev–Trinajstić information content (AvgIpc) is 3.42. The van der Waals surface area contributed by atoms with Gasteiger partial charge in [-0.2, -0.15) is 25.1 Å². The van der Waals surface area contributed by atoms with E-state index in [1.807, 2.05) is 43.3 Å². The molecule has 132 valence electrons. The lowest BCUT2D eigenvalue weighted by molar-refractivity contribution is 0.424. The van der Waals surface area contributed by atoms with Crippen molar-refractivity contribution in [3.8, 4) is 17.1 Å². The molecule has 3 heterocycles. The number of H-pyrrole nitrogens is 1. The maximum Gasteiger partial charge on any atom is 0.260 e. The van der Waals surface area contributed by atoms with Crippen molar-refractivity contribution in [3.05, 3.63) is 71.9 Å². The number of aromatic nitrogens is 7. The van der Waals surface area contributed by atoms with Gasteiger partial charge in [0.15, 0.2) is 5.82 Å². The van der Waals surface area contributed by atoms with Crippen LogP contribution in [-0.2, 0) is 6.42 Å². The van der Waals surface area contributed by atoms with Crippen molar-refractivity contribution in [1.82, 2.24) is 35.3 Å². The zero-order chi connectivity index (χ0) is 18.2. The number of benzene rings is 2. The first-order valence-electron chi connectivity index (χ1n) is 8.49. The number of hydrogen-bond donors (Lipinski definition) is 1. The molecule has 0 atom stereocenters. The molecule has 5 rings (SSSR count). The monoisotopic (exact) mass is 357 g/mol. The normalized spacial score (nSPS) is 11.3. The zero-order valence-electron chi connectivity index (χ0n) is 14.5. The van der Waals surface area contributed by atoms with Gasteiger partial charge in [-0.05, 0) is 36.8 Å². The van der Waals surface area contributed by atoms with Gasteiger partial charge in [-0.15, -0.1) is 0 Å². The van der Waals surface area contributed by atoms with Crippen LogP contribution >= 0.6 is 0 Å². The summed E-state index contributed by atoms with van der Waals surface area (Å²) in [7, 11) is 0. The van der Waals surface area contributed by atoms with Crippen LogP contribution in [0, 0.1) is 6.92 Å². The fraction of sp³-hybridized carbons (Fsp3) is 0.105.